The van der Waals surface area contributed by atoms with Gasteiger partial charge in [0, 0.05) is 25.3 Å². The van der Waals surface area contributed by atoms with Gasteiger partial charge >= 0.3 is 0 Å². The van der Waals surface area contributed by atoms with Crippen molar-refractivity contribution in [2.45, 2.75) is 19.8 Å². The number of nitrogens with one attached hydrogen (secondary N) is 1. The predicted octanol–water partition coefficient (Wildman–Crippen LogP) is 1.28. The third-order valence-corrected chi connectivity index (χ3v) is 4.04. The van der Waals surface area contributed by atoms with E-state index in [0.29, 0.717) is 19.5 Å². The lowest BCUT2D eigenvalue weighted by molar-refractivity contribution is -0.132. The first kappa shape index (κ1) is 16.5. The molecule has 0 spiro atoms. The molecule has 1 aliphatic rings. The van der Waals surface area contributed by atoms with Crippen molar-refractivity contribution in [2.24, 2.45) is 5.92 Å². The van der Waals surface area contributed by atoms with Crippen molar-refractivity contribution in [2.75, 3.05) is 38.6 Å². The number of amides is 2. The Hall–Kier alpha value is -1.88. The van der Waals surface area contributed by atoms with Gasteiger partial charge in [-0.05, 0) is 44.6 Å². The topological polar surface area (TPSA) is 52.7 Å². The lowest BCUT2D eigenvalue weighted by atomic mass is 10.1. The van der Waals surface area contributed by atoms with Crippen LogP contribution in [0.15, 0.2) is 24.3 Å². The van der Waals surface area contributed by atoms with Gasteiger partial charge in [0.2, 0.25) is 11.8 Å². The molecule has 1 aromatic rings. The van der Waals surface area contributed by atoms with Gasteiger partial charge in [-0.1, -0.05) is 19.1 Å². The minimum absolute atomic E-state index is 0.0911. The van der Waals surface area contributed by atoms with Crippen molar-refractivity contribution in [3.05, 3.63) is 29.8 Å². The van der Waals surface area contributed by atoms with Crippen molar-refractivity contribution < 1.29 is 9.59 Å². The van der Waals surface area contributed by atoms with Gasteiger partial charge in [-0.3, -0.25) is 9.59 Å². The molecule has 1 fully saturated rings. The molecule has 0 aromatic heterocycles. The molecule has 2 amide bonds. The summed E-state index contributed by atoms with van der Waals surface area (Å²) in [6, 6.07) is 7.99. The number of carbonyl (C=O) groups is 2. The first-order chi connectivity index (χ1) is 10.5. The van der Waals surface area contributed by atoms with E-state index in [-0.39, 0.29) is 11.8 Å². The molecule has 1 atom stereocenters. The van der Waals surface area contributed by atoms with Gasteiger partial charge in [0.1, 0.15) is 5.92 Å². The molecule has 1 N–H and O–H groups in total. The fourth-order valence-corrected chi connectivity index (χ4v) is 2.62. The van der Waals surface area contributed by atoms with E-state index in [1.165, 1.54) is 5.56 Å². The molecule has 0 aliphatic carbocycles. The van der Waals surface area contributed by atoms with Crippen LogP contribution in [0.5, 0.6) is 0 Å². The number of aryl methyl sites for hydroxylation is 1. The number of hydrogen-bond donors (Lipinski definition) is 1. The molecule has 2 rings (SSSR count). The summed E-state index contributed by atoms with van der Waals surface area (Å²) >= 11 is 0. The van der Waals surface area contributed by atoms with Crippen molar-refractivity contribution in [1.82, 2.24) is 10.2 Å². The Kier molecular flexibility index (Phi) is 5.55. The van der Waals surface area contributed by atoms with Crippen LogP contribution in [-0.4, -0.2) is 50.4 Å². The monoisotopic (exact) mass is 303 g/mol. The van der Waals surface area contributed by atoms with E-state index in [4.69, 9.17) is 0 Å². The zero-order valence-electron chi connectivity index (χ0n) is 13.6. The molecule has 0 radical (unpaired) electrons. The van der Waals surface area contributed by atoms with Crippen molar-refractivity contribution in [3.63, 3.8) is 0 Å². The molecular formula is C17H25N3O2. The van der Waals surface area contributed by atoms with Crippen LogP contribution in [0.2, 0.25) is 0 Å². The van der Waals surface area contributed by atoms with E-state index >= 15 is 0 Å². The molecule has 5 heteroatoms. The average Bonchev–Trinajstić information content (AvgIpc) is 2.88. The summed E-state index contributed by atoms with van der Waals surface area (Å²) in [6.45, 7) is 4.05. The van der Waals surface area contributed by atoms with Crippen LogP contribution in [-0.2, 0) is 16.0 Å². The van der Waals surface area contributed by atoms with Crippen LogP contribution in [0.4, 0.5) is 5.69 Å². The Morgan fingerprint density at radius 1 is 1.32 bits per heavy atom. The Balaban J connectivity index is 1.95. The number of benzene rings is 1. The van der Waals surface area contributed by atoms with Gasteiger partial charge in [0.25, 0.3) is 0 Å². The number of rotatable bonds is 6. The van der Waals surface area contributed by atoms with Crippen LogP contribution in [0, 0.1) is 5.92 Å². The first-order valence-corrected chi connectivity index (χ1v) is 7.85. The van der Waals surface area contributed by atoms with Gasteiger partial charge in [-0.15, -0.1) is 0 Å². The summed E-state index contributed by atoms with van der Waals surface area (Å²) in [5, 5.41) is 2.85. The molecule has 120 valence electrons. The van der Waals surface area contributed by atoms with Crippen LogP contribution in [0.25, 0.3) is 0 Å². The molecule has 1 saturated heterocycles. The standard InChI is InChI=1S/C17H25N3O2/c1-4-13-5-7-14(8-6-13)20-11-9-15(17(20)22)16(21)18-10-12-19(2)3/h5-8,15H,4,9-12H2,1-3H3,(H,18,21). The number of likely N-dealkylation sites (N-methyl/N-ethyl adjacent to an activating group) is 1. The van der Waals surface area contributed by atoms with Crippen LogP contribution in [0.1, 0.15) is 18.9 Å². The lowest BCUT2D eigenvalue weighted by Gasteiger charge is -2.17. The van der Waals surface area contributed by atoms with E-state index in [1.807, 2.05) is 43.3 Å². The van der Waals surface area contributed by atoms with E-state index in [1.54, 1.807) is 4.90 Å². The third-order valence-electron chi connectivity index (χ3n) is 4.04. The van der Waals surface area contributed by atoms with Gasteiger partial charge in [-0.25, -0.2) is 0 Å². The Labute approximate surface area is 132 Å². The minimum Gasteiger partial charge on any atom is -0.354 e. The van der Waals surface area contributed by atoms with Gasteiger partial charge in [0.05, 0.1) is 0 Å². The van der Waals surface area contributed by atoms with Crippen LogP contribution >= 0.6 is 0 Å². The Morgan fingerprint density at radius 2 is 2.00 bits per heavy atom. The van der Waals surface area contributed by atoms with E-state index < -0.39 is 5.92 Å². The summed E-state index contributed by atoms with van der Waals surface area (Å²) in [5.74, 6) is -0.792. The lowest BCUT2D eigenvalue weighted by Crippen LogP contribution is -2.39. The van der Waals surface area contributed by atoms with Crippen LogP contribution < -0.4 is 10.2 Å². The normalized spacial score (nSPS) is 18.1. The number of anilines is 1. The van der Waals surface area contributed by atoms with E-state index in [9.17, 15) is 9.59 Å². The zero-order valence-corrected chi connectivity index (χ0v) is 13.6. The zero-order chi connectivity index (χ0) is 16.1. The molecule has 1 aliphatic heterocycles. The van der Waals surface area contributed by atoms with E-state index in [2.05, 4.69) is 12.2 Å². The molecule has 5 nitrogen and oxygen atoms in total. The van der Waals surface area contributed by atoms with Crippen molar-refractivity contribution in [3.8, 4) is 0 Å². The number of hydrogen-bond acceptors (Lipinski definition) is 3. The number of carbonyl (C=O) groups excluding carboxylic acids is 2. The smallest absolute Gasteiger partial charge is 0.239 e. The predicted molar refractivity (Wildman–Crippen MR) is 87.8 cm³/mol. The second kappa shape index (κ2) is 7.40. The maximum absolute atomic E-state index is 12.5. The van der Waals surface area contributed by atoms with Gasteiger partial charge in [-0.2, -0.15) is 0 Å². The fourth-order valence-electron chi connectivity index (χ4n) is 2.62. The quantitative estimate of drug-likeness (QED) is 0.806. The molecule has 1 unspecified atom stereocenters. The Morgan fingerprint density at radius 3 is 2.59 bits per heavy atom. The van der Waals surface area contributed by atoms with Crippen molar-refractivity contribution >= 4 is 17.5 Å². The first-order valence-electron chi connectivity index (χ1n) is 7.85. The summed E-state index contributed by atoms with van der Waals surface area (Å²) in [6.07, 6.45) is 1.56. The average molecular weight is 303 g/mol. The fraction of sp³-hybridized carbons (Fsp3) is 0.529. The number of nitrogens with zero attached hydrogens (tertiary/aromatic N) is 2. The summed E-state index contributed by atoms with van der Waals surface area (Å²) in [4.78, 5) is 28.3. The van der Waals surface area contributed by atoms with Gasteiger partial charge < -0.3 is 15.1 Å². The molecule has 22 heavy (non-hydrogen) atoms. The summed E-state index contributed by atoms with van der Waals surface area (Å²) < 4.78 is 0. The van der Waals surface area contributed by atoms with Crippen LogP contribution in [0.3, 0.4) is 0 Å². The highest BCUT2D eigenvalue weighted by molar-refractivity contribution is 6.09. The highest BCUT2D eigenvalue weighted by Crippen LogP contribution is 2.25. The molecular weight excluding hydrogens is 278 g/mol. The van der Waals surface area contributed by atoms with Crippen molar-refractivity contribution in [1.29, 1.82) is 0 Å². The second-order valence-corrected chi connectivity index (χ2v) is 5.95. The largest absolute Gasteiger partial charge is 0.354 e. The maximum Gasteiger partial charge on any atom is 0.239 e. The Bertz CT molecular complexity index is 525. The third kappa shape index (κ3) is 3.85. The molecule has 0 bridgehead atoms. The molecule has 1 aromatic carbocycles. The maximum atomic E-state index is 12.5. The van der Waals surface area contributed by atoms with Gasteiger partial charge in [0.15, 0.2) is 0 Å². The van der Waals surface area contributed by atoms with E-state index in [0.717, 1.165) is 18.7 Å². The minimum atomic E-state index is -0.548. The molecule has 0 saturated carbocycles. The molecule has 1 heterocycles. The summed E-state index contributed by atoms with van der Waals surface area (Å²) in [5.41, 5.74) is 2.12. The SMILES string of the molecule is CCc1ccc(N2CCC(C(=O)NCCN(C)C)C2=O)cc1. The summed E-state index contributed by atoms with van der Waals surface area (Å²) in [7, 11) is 3.91. The highest BCUT2D eigenvalue weighted by Gasteiger charge is 2.37. The highest BCUT2D eigenvalue weighted by atomic mass is 16.2. The second-order valence-electron chi connectivity index (χ2n) is 5.95.